The van der Waals surface area contributed by atoms with Crippen LogP contribution in [0.5, 0.6) is 0 Å². The van der Waals surface area contributed by atoms with Gasteiger partial charge in [0, 0.05) is 13.5 Å². The first-order chi connectivity index (χ1) is 5.16. The van der Waals surface area contributed by atoms with Gasteiger partial charge >= 0.3 is 0 Å². The number of hydrogen-bond acceptors (Lipinski definition) is 2. The second-order valence-corrected chi connectivity index (χ2v) is 2.63. The number of carbonyl (C=O) groups is 1. The van der Waals surface area contributed by atoms with Crippen molar-refractivity contribution in [2.75, 3.05) is 0 Å². The molecule has 0 unspecified atom stereocenters. The molecule has 0 N–H and O–H groups in total. The van der Waals surface area contributed by atoms with Gasteiger partial charge in [-0.2, -0.15) is 0 Å². The Morgan fingerprint density at radius 1 is 1.82 bits per heavy atom. The first-order valence-corrected chi connectivity index (χ1v) is 3.75. The highest BCUT2D eigenvalue weighted by Crippen LogP contribution is 2.09. The van der Waals surface area contributed by atoms with Crippen LogP contribution in [0.1, 0.15) is 24.0 Å². The summed E-state index contributed by atoms with van der Waals surface area (Å²) in [6.07, 6.45) is 1.94. The van der Waals surface area contributed by atoms with E-state index < -0.39 is 0 Å². The molecule has 0 fully saturated rings. The quantitative estimate of drug-likeness (QED) is 0.636. The van der Waals surface area contributed by atoms with Gasteiger partial charge in [0.05, 0.1) is 6.20 Å². The lowest BCUT2D eigenvalue weighted by atomic mass is 10.3. The van der Waals surface area contributed by atoms with Crippen molar-refractivity contribution in [3.63, 3.8) is 0 Å². The number of Topliss-reactive ketones (excluding diaryl/α,β-unsaturated/α-hetero) is 1. The Balaban J connectivity index is 3.04. The molecule has 1 aromatic rings. The molecule has 0 aliphatic carbocycles. The van der Waals surface area contributed by atoms with Gasteiger partial charge in [-0.05, 0) is 0 Å². The molecule has 4 heteroatoms. The second kappa shape index (κ2) is 3.05. The maximum Gasteiger partial charge on any atom is 0.198 e. The van der Waals surface area contributed by atoms with Crippen molar-refractivity contribution in [3.05, 3.63) is 17.2 Å². The van der Waals surface area contributed by atoms with Gasteiger partial charge in [-0.1, -0.05) is 18.5 Å². The normalized spacial score (nSPS) is 10.1. The highest BCUT2D eigenvalue weighted by Gasteiger charge is 2.10. The zero-order valence-corrected chi connectivity index (χ0v) is 7.22. The summed E-state index contributed by atoms with van der Waals surface area (Å²) in [4.78, 5) is 15.0. The maximum absolute atomic E-state index is 11.1. The number of rotatable bonds is 2. The van der Waals surface area contributed by atoms with Crippen LogP contribution in [-0.2, 0) is 7.05 Å². The fourth-order valence-electron chi connectivity index (χ4n) is 0.806. The second-order valence-electron chi connectivity index (χ2n) is 2.24. The lowest BCUT2D eigenvalue weighted by molar-refractivity contribution is 0.0975. The van der Waals surface area contributed by atoms with Gasteiger partial charge in [0.1, 0.15) is 5.15 Å². The smallest absolute Gasteiger partial charge is 0.198 e. The molecule has 1 heterocycles. The molecule has 1 rings (SSSR count). The fraction of sp³-hybridized carbons (Fsp3) is 0.429. The van der Waals surface area contributed by atoms with Crippen LogP contribution in [0.2, 0.25) is 5.15 Å². The summed E-state index contributed by atoms with van der Waals surface area (Å²) in [5, 5.41) is 0.488. The molecule has 0 aliphatic heterocycles. The molecular formula is C7H9ClN2O. The van der Waals surface area contributed by atoms with Gasteiger partial charge in [-0.15, -0.1) is 0 Å². The number of nitrogens with zero attached hydrogens (tertiary/aromatic N) is 2. The molecule has 0 saturated carbocycles. The van der Waals surface area contributed by atoms with Crippen LogP contribution in [0, 0.1) is 0 Å². The Kier molecular flexibility index (Phi) is 2.29. The average molecular weight is 173 g/mol. The third-order valence-electron chi connectivity index (χ3n) is 1.50. The minimum atomic E-state index is 0.0133. The van der Waals surface area contributed by atoms with E-state index in [1.54, 1.807) is 18.5 Å². The molecule has 11 heavy (non-hydrogen) atoms. The summed E-state index contributed by atoms with van der Waals surface area (Å²) in [5.74, 6) is 0.442. The van der Waals surface area contributed by atoms with Crippen LogP contribution in [0.15, 0.2) is 6.20 Å². The maximum atomic E-state index is 11.1. The van der Waals surface area contributed by atoms with Crippen molar-refractivity contribution in [1.82, 2.24) is 9.55 Å². The van der Waals surface area contributed by atoms with E-state index in [4.69, 9.17) is 11.6 Å². The zero-order chi connectivity index (χ0) is 8.43. The van der Waals surface area contributed by atoms with E-state index in [2.05, 4.69) is 4.98 Å². The first kappa shape index (κ1) is 8.27. The van der Waals surface area contributed by atoms with Gasteiger partial charge in [0.2, 0.25) is 0 Å². The zero-order valence-electron chi connectivity index (χ0n) is 6.47. The lowest BCUT2D eigenvalue weighted by Gasteiger charge is -1.97. The van der Waals surface area contributed by atoms with Crippen LogP contribution in [0.4, 0.5) is 0 Å². The Morgan fingerprint density at radius 3 is 2.82 bits per heavy atom. The van der Waals surface area contributed by atoms with Crippen molar-refractivity contribution < 1.29 is 4.79 Å². The van der Waals surface area contributed by atoms with Gasteiger partial charge < -0.3 is 4.57 Å². The standard InChI is InChI=1S/C7H9ClN2O/c1-3-5(11)7-9-4-6(8)10(7)2/h4H,3H2,1-2H3. The van der Waals surface area contributed by atoms with Crippen molar-refractivity contribution in [3.8, 4) is 0 Å². The van der Waals surface area contributed by atoms with Crippen LogP contribution in [-0.4, -0.2) is 15.3 Å². The minimum absolute atomic E-state index is 0.0133. The summed E-state index contributed by atoms with van der Waals surface area (Å²) in [5.41, 5.74) is 0. The number of halogens is 1. The molecular weight excluding hydrogens is 164 g/mol. The highest BCUT2D eigenvalue weighted by atomic mass is 35.5. The first-order valence-electron chi connectivity index (χ1n) is 3.37. The Hall–Kier alpha value is -0.830. The molecule has 1 aromatic heterocycles. The van der Waals surface area contributed by atoms with E-state index in [-0.39, 0.29) is 5.78 Å². The van der Waals surface area contributed by atoms with Gasteiger partial charge in [-0.3, -0.25) is 4.79 Å². The molecule has 0 atom stereocenters. The Bertz CT molecular complexity index is 280. The molecule has 60 valence electrons. The SMILES string of the molecule is CCC(=O)c1ncc(Cl)n1C. The molecule has 0 aliphatic rings. The van der Waals surface area contributed by atoms with Gasteiger partial charge in [0.15, 0.2) is 11.6 Å². The number of carbonyl (C=O) groups excluding carboxylic acids is 1. The Morgan fingerprint density at radius 2 is 2.45 bits per heavy atom. The molecule has 0 bridgehead atoms. The highest BCUT2D eigenvalue weighted by molar-refractivity contribution is 6.29. The van der Waals surface area contributed by atoms with Crippen molar-refractivity contribution in [1.29, 1.82) is 0 Å². The summed E-state index contributed by atoms with van der Waals surface area (Å²) in [6, 6.07) is 0. The summed E-state index contributed by atoms with van der Waals surface area (Å²) in [6.45, 7) is 1.80. The monoisotopic (exact) mass is 172 g/mol. The molecule has 0 aromatic carbocycles. The summed E-state index contributed by atoms with van der Waals surface area (Å²) < 4.78 is 1.58. The predicted molar refractivity (Wildman–Crippen MR) is 42.8 cm³/mol. The lowest BCUT2D eigenvalue weighted by Crippen LogP contribution is -2.05. The molecule has 3 nitrogen and oxygen atoms in total. The minimum Gasteiger partial charge on any atom is -0.316 e. The van der Waals surface area contributed by atoms with E-state index in [0.29, 0.717) is 17.4 Å². The van der Waals surface area contributed by atoms with Gasteiger partial charge in [0.25, 0.3) is 0 Å². The van der Waals surface area contributed by atoms with E-state index in [1.165, 1.54) is 6.20 Å². The molecule has 0 saturated heterocycles. The summed E-state index contributed by atoms with van der Waals surface area (Å²) in [7, 11) is 1.72. The van der Waals surface area contributed by atoms with Crippen LogP contribution < -0.4 is 0 Å². The molecule has 0 radical (unpaired) electrons. The number of aromatic nitrogens is 2. The topological polar surface area (TPSA) is 34.9 Å². The largest absolute Gasteiger partial charge is 0.316 e. The van der Waals surface area contributed by atoms with E-state index in [1.807, 2.05) is 0 Å². The van der Waals surface area contributed by atoms with Crippen molar-refractivity contribution >= 4 is 17.4 Å². The molecule has 0 spiro atoms. The van der Waals surface area contributed by atoms with E-state index in [0.717, 1.165) is 0 Å². The van der Waals surface area contributed by atoms with Crippen molar-refractivity contribution in [2.24, 2.45) is 7.05 Å². The number of imidazole rings is 1. The third kappa shape index (κ3) is 1.43. The third-order valence-corrected chi connectivity index (χ3v) is 1.85. The average Bonchev–Trinajstić information content (AvgIpc) is 2.32. The van der Waals surface area contributed by atoms with Crippen molar-refractivity contribution in [2.45, 2.75) is 13.3 Å². The van der Waals surface area contributed by atoms with E-state index in [9.17, 15) is 4.79 Å². The van der Waals surface area contributed by atoms with Crippen LogP contribution in [0.3, 0.4) is 0 Å². The van der Waals surface area contributed by atoms with E-state index >= 15 is 0 Å². The van der Waals surface area contributed by atoms with Crippen LogP contribution in [0.25, 0.3) is 0 Å². The molecule has 0 amide bonds. The predicted octanol–water partition coefficient (Wildman–Crippen LogP) is 1.67. The summed E-state index contributed by atoms with van der Waals surface area (Å²) >= 11 is 5.68. The van der Waals surface area contributed by atoms with Gasteiger partial charge in [-0.25, -0.2) is 4.98 Å². The Labute approximate surface area is 70.0 Å². The number of ketones is 1. The fourth-order valence-corrected chi connectivity index (χ4v) is 0.935. The number of hydrogen-bond donors (Lipinski definition) is 0. The van der Waals surface area contributed by atoms with Crippen LogP contribution >= 0.6 is 11.6 Å².